The first-order valence-electron chi connectivity index (χ1n) is 5.67. The molecule has 0 radical (unpaired) electrons. The molecule has 0 aliphatic heterocycles. The third-order valence-electron chi connectivity index (χ3n) is 2.55. The maximum atomic E-state index is 12.0. The van der Waals surface area contributed by atoms with Crippen molar-refractivity contribution < 1.29 is 4.79 Å². The van der Waals surface area contributed by atoms with Crippen molar-refractivity contribution in [3.63, 3.8) is 0 Å². The molecule has 0 N–H and O–H groups in total. The first-order chi connectivity index (χ1) is 9.33. The minimum Gasteiger partial charge on any atom is -0.267 e. The van der Waals surface area contributed by atoms with E-state index in [9.17, 15) is 4.79 Å². The fourth-order valence-corrected chi connectivity index (χ4v) is 2.86. The second-order valence-electron chi connectivity index (χ2n) is 3.85. The van der Waals surface area contributed by atoms with Gasteiger partial charge in [0.1, 0.15) is 0 Å². The Balaban J connectivity index is 1.78. The van der Waals surface area contributed by atoms with Crippen LogP contribution in [0.3, 0.4) is 0 Å². The zero-order valence-electron chi connectivity index (χ0n) is 9.89. The van der Waals surface area contributed by atoms with Gasteiger partial charge in [0.25, 0.3) is 5.91 Å². The van der Waals surface area contributed by atoms with Gasteiger partial charge >= 0.3 is 0 Å². The van der Waals surface area contributed by atoms with Crippen LogP contribution in [0.15, 0.2) is 46.6 Å². The number of rotatable bonds is 3. The van der Waals surface area contributed by atoms with Gasteiger partial charge in [0.15, 0.2) is 0 Å². The Hall–Kier alpha value is -1.98. The smallest absolute Gasteiger partial charge is 0.267 e. The van der Waals surface area contributed by atoms with E-state index in [1.165, 1.54) is 20.9 Å². The summed E-state index contributed by atoms with van der Waals surface area (Å²) in [4.78, 5) is 13.2. The van der Waals surface area contributed by atoms with E-state index in [1.54, 1.807) is 23.6 Å². The number of hydrogen-bond donors (Lipinski definition) is 0. The van der Waals surface area contributed by atoms with Crippen molar-refractivity contribution in [3.8, 4) is 0 Å². The lowest BCUT2D eigenvalue weighted by atomic mass is 10.3. The van der Waals surface area contributed by atoms with E-state index in [-0.39, 0.29) is 5.91 Å². The van der Waals surface area contributed by atoms with E-state index in [2.05, 4.69) is 5.10 Å². The Morgan fingerprint density at radius 2 is 2.16 bits per heavy atom. The Kier molecular flexibility index (Phi) is 3.39. The Morgan fingerprint density at radius 3 is 2.89 bits per heavy atom. The van der Waals surface area contributed by atoms with Crippen LogP contribution in [0.5, 0.6) is 0 Å². The molecule has 0 bridgehead atoms. The standard InChI is InChI=1S/C14H10N2OS2/c17-14(11-6-9-18-10-11)16-7-5-12(15-16)3-4-13-2-1-8-19-13/h1-10H. The Morgan fingerprint density at radius 1 is 1.21 bits per heavy atom. The van der Waals surface area contributed by atoms with E-state index >= 15 is 0 Å². The van der Waals surface area contributed by atoms with Crippen molar-refractivity contribution in [1.29, 1.82) is 0 Å². The fourth-order valence-electron chi connectivity index (χ4n) is 1.61. The van der Waals surface area contributed by atoms with Crippen LogP contribution in [0, 0.1) is 0 Å². The Bertz CT molecular complexity index is 694. The van der Waals surface area contributed by atoms with Gasteiger partial charge < -0.3 is 0 Å². The molecule has 0 aromatic carbocycles. The molecule has 0 aliphatic carbocycles. The van der Waals surface area contributed by atoms with E-state index in [0.717, 1.165) is 5.69 Å². The van der Waals surface area contributed by atoms with Crippen LogP contribution in [-0.2, 0) is 0 Å². The maximum Gasteiger partial charge on any atom is 0.278 e. The van der Waals surface area contributed by atoms with Gasteiger partial charge in [-0.05, 0) is 41.1 Å². The molecule has 0 spiro atoms. The predicted octanol–water partition coefficient (Wildman–Crippen LogP) is 3.87. The molecular formula is C14H10N2OS2. The molecule has 0 atom stereocenters. The molecule has 19 heavy (non-hydrogen) atoms. The summed E-state index contributed by atoms with van der Waals surface area (Å²) < 4.78 is 1.37. The SMILES string of the molecule is O=C(c1ccsc1)n1ccc(C=Cc2cccs2)n1. The number of thiophene rings is 2. The fraction of sp³-hybridized carbons (Fsp3) is 0. The summed E-state index contributed by atoms with van der Waals surface area (Å²) in [5, 5.41) is 9.99. The van der Waals surface area contributed by atoms with Gasteiger partial charge in [-0.1, -0.05) is 6.07 Å². The van der Waals surface area contributed by atoms with Gasteiger partial charge in [0.05, 0.1) is 11.3 Å². The van der Waals surface area contributed by atoms with Crippen LogP contribution >= 0.6 is 22.7 Å². The van der Waals surface area contributed by atoms with Crippen molar-refractivity contribution in [2.45, 2.75) is 0 Å². The van der Waals surface area contributed by atoms with Gasteiger partial charge in [-0.15, -0.1) is 11.3 Å². The first kappa shape index (κ1) is 12.1. The Labute approximate surface area is 118 Å². The molecular weight excluding hydrogens is 276 g/mol. The van der Waals surface area contributed by atoms with Crippen LogP contribution in [-0.4, -0.2) is 15.7 Å². The highest BCUT2D eigenvalue weighted by Gasteiger charge is 2.09. The van der Waals surface area contributed by atoms with Crippen LogP contribution < -0.4 is 0 Å². The molecule has 0 aliphatic rings. The van der Waals surface area contributed by atoms with Gasteiger partial charge in [-0.2, -0.15) is 16.4 Å². The highest BCUT2D eigenvalue weighted by Crippen LogP contribution is 2.13. The van der Waals surface area contributed by atoms with Crippen molar-refractivity contribution in [2.24, 2.45) is 0 Å². The summed E-state index contributed by atoms with van der Waals surface area (Å²) >= 11 is 3.17. The van der Waals surface area contributed by atoms with Gasteiger partial charge in [-0.25, -0.2) is 4.68 Å². The quantitative estimate of drug-likeness (QED) is 0.732. The lowest BCUT2D eigenvalue weighted by molar-refractivity contribution is 0.0945. The third kappa shape index (κ3) is 2.72. The van der Waals surface area contributed by atoms with Gasteiger partial charge in [0, 0.05) is 16.5 Å². The number of hydrogen-bond acceptors (Lipinski definition) is 4. The van der Waals surface area contributed by atoms with Gasteiger partial charge in [-0.3, -0.25) is 4.79 Å². The topological polar surface area (TPSA) is 34.9 Å². The van der Waals surface area contributed by atoms with E-state index in [1.807, 2.05) is 46.5 Å². The molecule has 3 aromatic heterocycles. The summed E-state index contributed by atoms with van der Waals surface area (Å²) in [6, 6.07) is 7.67. The van der Waals surface area contributed by atoms with E-state index in [0.29, 0.717) is 5.56 Å². The second kappa shape index (κ2) is 5.34. The van der Waals surface area contributed by atoms with Gasteiger partial charge in [0.2, 0.25) is 0 Å². The molecule has 3 aromatic rings. The van der Waals surface area contributed by atoms with E-state index < -0.39 is 0 Å². The normalized spacial score (nSPS) is 11.2. The largest absolute Gasteiger partial charge is 0.278 e. The summed E-state index contributed by atoms with van der Waals surface area (Å²) in [6.45, 7) is 0. The average Bonchev–Trinajstić information content (AvgIpc) is 3.16. The van der Waals surface area contributed by atoms with E-state index in [4.69, 9.17) is 0 Å². The van der Waals surface area contributed by atoms with Crippen LogP contribution in [0.4, 0.5) is 0 Å². The minimum absolute atomic E-state index is 0.1000. The van der Waals surface area contributed by atoms with Crippen molar-refractivity contribution >= 4 is 40.7 Å². The second-order valence-corrected chi connectivity index (χ2v) is 5.61. The van der Waals surface area contributed by atoms with Crippen molar-refractivity contribution in [1.82, 2.24) is 9.78 Å². The highest BCUT2D eigenvalue weighted by molar-refractivity contribution is 7.10. The molecule has 0 unspecified atom stereocenters. The highest BCUT2D eigenvalue weighted by atomic mass is 32.1. The molecule has 3 rings (SSSR count). The summed E-state index contributed by atoms with van der Waals surface area (Å²) in [5.74, 6) is -0.1000. The minimum atomic E-state index is -0.1000. The molecule has 3 nitrogen and oxygen atoms in total. The van der Waals surface area contributed by atoms with Crippen LogP contribution in [0.25, 0.3) is 12.2 Å². The molecule has 5 heteroatoms. The number of aromatic nitrogens is 2. The average molecular weight is 286 g/mol. The number of nitrogens with zero attached hydrogens (tertiary/aromatic N) is 2. The first-order valence-corrected chi connectivity index (χ1v) is 7.49. The van der Waals surface area contributed by atoms with Crippen LogP contribution in [0.1, 0.15) is 20.9 Å². The molecule has 0 saturated heterocycles. The molecule has 0 amide bonds. The summed E-state index contributed by atoms with van der Waals surface area (Å²) in [6.07, 6.45) is 5.59. The molecule has 0 fully saturated rings. The maximum absolute atomic E-state index is 12.0. The monoisotopic (exact) mass is 286 g/mol. The van der Waals surface area contributed by atoms with Crippen molar-refractivity contribution in [2.75, 3.05) is 0 Å². The van der Waals surface area contributed by atoms with Crippen LogP contribution in [0.2, 0.25) is 0 Å². The van der Waals surface area contributed by atoms with Crippen molar-refractivity contribution in [3.05, 3.63) is 62.7 Å². The zero-order chi connectivity index (χ0) is 13.1. The lowest BCUT2D eigenvalue weighted by Crippen LogP contribution is -2.11. The lowest BCUT2D eigenvalue weighted by Gasteiger charge is -1.95. The third-order valence-corrected chi connectivity index (χ3v) is 4.07. The predicted molar refractivity (Wildman–Crippen MR) is 79.5 cm³/mol. The summed E-state index contributed by atoms with van der Waals surface area (Å²) in [5.41, 5.74) is 1.44. The molecule has 3 heterocycles. The molecule has 0 saturated carbocycles. The summed E-state index contributed by atoms with van der Waals surface area (Å²) in [7, 11) is 0. The zero-order valence-corrected chi connectivity index (χ0v) is 11.5. The number of carbonyl (C=O) groups excluding carboxylic acids is 1. The number of carbonyl (C=O) groups is 1. The molecule has 94 valence electrons.